The Morgan fingerprint density at radius 2 is 1.79 bits per heavy atom. The van der Waals surface area contributed by atoms with Crippen molar-refractivity contribution < 1.29 is 23.4 Å². The lowest BCUT2D eigenvalue weighted by molar-refractivity contribution is 0.0376. The number of carbonyl (C=O) groups excluding carboxylic acids is 1. The molecule has 1 aliphatic heterocycles. The maximum Gasteiger partial charge on any atom is 0.260 e. The van der Waals surface area contributed by atoms with Crippen molar-refractivity contribution in [1.82, 2.24) is 9.88 Å². The summed E-state index contributed by atoms with van der Waals surface area (Å²) in [6.07, 6.45) is 0.775. The lowest BCUT2D eigenvalue weighted by Gasteiger charge is -2.27. The first-order valence-corrected chi connectivity index (χ1v) is 11.3. The minimum atomic E-state index is -0.380. The molecule has 1 saturated heterocycles. The summed E-state index contributed by atoms with van der Waals surface area (Å²) in [5, 5.41) is 0.555. The maximum atomic E-state index is 13.4. The van der Waals surface area contributed by atoms with Crippen molar-refractivity contribution in [1.29, 1.82) is 0 Å². The summed E-state index contributed by atoms with van der Waals surface area (Å²) in [6, 6.07) is 9.22. The van der Waals surface area contributed by atoms with Gasteiger partial charge in [-0.2, -0.15) is 0 Å². The van der Waals surface area contributed by atoms with Gasteiger partial charge in [0.1, 0.15) is 27.5 Å². The van der Waals surface area contributed by atoms with Gasteiger partial charge in [-0.25, -0.2) is 9.37 Å². The highest BCUT2D eigenvalue weighted by atomic mass is 35.5. The van der Waals surface area contributed by atoms with Crippen LogP contribution in [0.3, 0.4) is 0 Å². The van der Waals surface area contributed by atoms with Crippen molar-refractivity contribution in [3.8, 4) is 11.5 Å². The number of fused-ring (bicyclic) bond motifs is 1. The van der Waals surface area contributed by atoms with Crippen molar-refractivity contribution in [2.24, 2.45) is 0 Å². The number of methoxy groups -OCH3 is 2. The summed E-state index contributed by atoms with van der Waals surface area (Å²) >= 11 is 1.38. The maximum absolute atomic E-state index is 13.4. The van der Waals surface area contributed by atoms with Crippen molar-refractivity contribution in [2.75, 3.05) is 58.5 Å². The van der Waals surface area contributed by atoms with E-state index in [9.17, 15) is 9.18 Å². The van der Waals surface area contributed by atoms with E-state index in [1.165, 1.54) is 35.6 Å². The van der Waals surface area contributed by atoms with Crippen molar-refractivity contribution in [3.63, 3.8) is 0 Å². The van der Waals surface area contributed by atoms with E-state index < -0.39 is 0 Å². The van der Waals surface area contributed by atoms with Gasteiger partial charge in [0.25, 0.3) is 5.91 Å². The molecule has 0 spiro atoms. The smallest absolute Gasteiger partial charge is 0.260 e. The number of nitrogens with zero attached hydrogens (tertiary/aromatic N) is 3. The van der Waals surface area contributed by atoms with Crippen LogP contribution in [0, 0.1) is 5.82 Å². The molecule has 1 aromatic heterocycles. The molecule has 3 aromatic rings. The quantitative estimate of drug-likeness (QED) is 0.465. The Bertz CT molecular complexity index is 1030. The Morgan fingerprint density at radius 3 is 2.45 bits per heavy atom. The number of anilines is 1. The zero-order chi connectivity index (χ0) is 22.5. The molecule has 10 heteroatoms. The van der Waals surface area contributed by atoms with E-state index in [0.29, 0.717) is 34.3 Å². The van der Waals surface area contributed by atoms with Crippen molar-refractivity contribution >= 4 is 45.0 Å². The first-order valence-electron chi connectivity index (χ1n) is 10.5. The average molecular weight is 496 g/mol. The Morgan fingerprint density at radius 1 is 1.12 bits per heavy atom. The van der Waals surface area contributed by atoms with E-state index in [1.54, 1.807) is 25.2 Å². The molecule has 4 rings (SSSR count). The van der Waals surface area contributed by atoms with Crippen molar-refractivity contribution in [3.05, 3.63) is 47.8 Å². The summed E-state index contributed by atoms with van der Waals surface area (Å²) in [6.45, 7) is 4.58. The molecule has 1 amide bonds. The summed E-state index contributed by atoms with van der Waals surface area (Å²) in [4.78, 5) is 22.1. The van der Waals surface area contributed by atoms with Crippen LogP contribution in [0.25, 0.3) is 10.2 Å². The normalized spacial score (nSPS) is 14.0. The molecule has 0 bridgehead atoms. The SMILES string of the molecule is COc1ccc(OC)c2sc(N(CCCN3CCOCC3)C(=O)c3ccc(F)cc3)nc12.Cl. The summed E-state index contributed by atoms with van der Waals surface area (Å²) in [5.41, 5.74) is 1.06. The molecule has 33 heavy (non-hydrogen) atoms. The lowest BCUT2D eigenvalue weighted by atomic mass is 10.2. The lowest BCUT2D eigenvalue weighted by Crippen LogP contribution is -2.39. The molecule has 2 aromatic carbocycles. The monoisotopic (exact) mass is 495 g/mol. The van der Waals surface area contributed by atoms with Gasteiger partial charge in [0.15, 0.2) is 5.13 Å². The van der Waals surface area contributed by atoms with Crippen LogP contribution < -0.4 is 14.4 Å². The summed E-state index contributed by atoms with van der Waals surface area (Å²) in [5.74, 6) is 0.691. The predicted molar refractivity (Wildman–Crippen MR) is 130 cm³/mol. The molecule has 0 saturated carbocycles. The van der Waals surface area contributed by atoms with Gasteiger partial charge in [-0.05, 0) is 42.8 Å². The number of thiazole rings is 1. The second kappa shape index (κ2) is 11.6. The molecule has 7 nitrogen and oxygen atoms in total. The van der Waals surface area contributed by atoms with Crippen LogP contribution in [0.1, 0.15) is 16.8 Å². The third-order valence-electron chi connectivity index (χ3n) is 5.43. The van der Waals surface area contributed by atoms with Crippen LogP contribution >= 0.6 is 23.7 Å². The van der Waals surface area contributed by atoms with Gasteiger partial charge in [0.05, 0.1) is 27.4 Å². The number of hydrogen-bond donors (Lipinski definition) is 0. The fourth-order valence-corrected chi connectivity index (χ4v) is 4.80. The number of halogens is 2. The first-order chi connectivity index (χ1) is 15.6. The topological polar surface area (TPSA) is 64.1 Å². The molecule has 0 aliphatic carbocycles. The van der Waals surface area contributed by atoms with Crippen molar-refractivity contribution in [2.45, 2.75) is 6.42 Å². The van der Waals surface area contributed by atoms with E-state index in [4.69, 9.17) is 19.2 Å². The Hall–Kier alpha value is -2.46. The average Bonchev–Trinajstić information content (AvgIpc) is 3.27. The summed E-state index contributed by atoms with van der Waals surface area (Å²) in [7, 11) is 3.19. The van der Waals surface area contributed by atoms with Gasteiger partial charge in [-0.15, -0.1) is 12.4 Å². The number of morpholine rings is 1. The standard InChI is InChI=1S/C23H26FN3O4S.ClH/c1-29-18-8-9-19(30-2)21-20(18)25-23(32-21)27(11-3-10-26-12-14-31-15-13-26)22(28)16-4-6-17(24)7-5-16;/h4-9H,3,10-15H2,1-2H3;1H. The number of amides is 1. The molecule has 178 valence electrons. The van der Waals surface area contributed by atoms with E-state index in [0.717, 1.165) is 44.0 Å². The van der Waals surface area contributed by atoms with Gasteiger partial charge >= 0.3 is 0 Å². The molecule has 1 fully saturated rings. The number of aromatic nitrogens is 1. The molecular weight excluding hydrogens is 469 g/mol. The summed E-state index contributed by atoms with van der Waals surface area (Å²) < 4.78 is 30.6. The molecule has 0 atom stereocenters. The fourth-order valence-electron chi connectivity index (χ4n) is 3.70. The number of hydrogen-bond acceptors (Lipinski definition) is 7. The zero-order valence-corrected chi connectivity index (χ0v) is 20.2. The van der Waals surface area contributed by atoms with E-state index >= 15 is 0 Å². The fraction of sp³-hybridized carbons (Fsp3) is 0.391. The molecular formula is C23H27ClFN3O4S. The molecule has 0 unspecified atom stereocenters. The van der Waals surface area contributed by atoms with Crippen LogP contribution in [-0.4, -0.2) is 69.4 Å². The van der Waals surface area contributed by atoms with Crippen LogP contribution in [0.4, 0.5) is 9.52 Å². The van der Waals surface area contributed by atoms with Gasteiger partial charge in [-0.3, -0.25) is 14.6 Å². The highest BCUT2D eigenvalue weighted by Gasteiger charge is 2.24. The van der Waals surface area contributed by atoms with E-state index in [-0.39, 0.29) is 24.1 Å². The minimum Gasteiger partial charge on any atom is -0.495 e. The number of ether oxygens (including phenoxy) is 3. The Kier molecular flexibility index (Phi) is 8.85. The van der Waals surface area contributed by atoms with E-state index in [1.807, 2.05) is 6.07 Å². The molecule has 1 aliphatic rings. The van der Waals surface area contributed by atoms with Gasteiger partial charge in [-0.1, -0.05) is 11.3 Å². The van der Waals surface area contributed by atoms with Crippen LogP contribution in [-0.2, 0) is 4.74 Å². The van der Waals surface area contributed by atoms with Crippen LogP contribution in [0.2, 0.25) is 0 Å². The largest absolute Gasteiger partial charge is 0.495 e. The molecule has 0 N–H and O–H groups in total. The third-order valence-corrected chi connectivity index (χ3v) is 6.52. The Balaban J connectivity index is 0.00000306. The zero-order valence-electron chi connectivity index (χ0n) is 18.6. The van der Waals surface area contributed by atoms with Crippen LogP contribution in [0.15, 0.2) is 36.4 Å². The second-order valence-corrected chi connectivity index (χ2v) is 8.39. The van der Waals surface area contributed by atoms with Crippen LogP contribution in [0.5, 0.6) is 11.5 Å². The number of rotatable bonds is 8. The van der Waals surface area contributed by atoms with Gasteiger partial charge < -0.3 is 14.2 Å². The number of carbonyl (C=O) groups is 1. The minimum absolute atomic E-state index is 0. The molecule has 2 heterocycles. The Labute approximate surface area is 202 Å². The highest BCUT2D eigenvalue weighted by Crippen LogP contribution is 2.40. The predicted octanol–water partition coefficient (Wildman–Crippen LogP) is 4.24. The van der Waals surface area contributed by atoms with Gasteiger partial charge in [0.2, 0.25) is 0 Å². The van der Waals surface area contributed by atoms with Gasteiger partial charge in [0, 0.05) is 31.7 Å². The molecule has 0 radical (unpaired) electrons. The highest BCUT2D eigenvalue weighted by molar-refractivity contribution is 7.22. The third kappa shape index (κ3) is 5.73. The number of benzene rings is 2. The second-order valence-electron chi connectivity index (χ2n) is 7.42. The van der Waals surface area contributed by atoms with E-state index in [2.05, 4.69) is 4.90 Å². The first kappa shape index (κ1) is 25.2.